The summed E-state index contributed by atoms with van der Waals surface area (Å²) in [5.41, 5.74) is -0.561. The highest BCUT2D eigenvalue weighted by molar-refractivity contribution is 7.10. The Morgan fingerprint density at radius 2 is 1.78 bits per heavy atom. The van der Waals surface area contributed by atoms with Crippen molar-refractivity contribution in [3.05, 3.63) is 33.6 Å². The second-order valence-electron chi connectivity index (χ2n) is 17.0. The summed E-state index contributed by atoms with van der Waals surface area (Å²) in [5, 5.41) is 19.5. The van der Waals surface area contributed by atoms with Crippen molar-refractivity contribution in [2.45, 2.75) is 116 Å². The van der Waals surface area contributed by atoms with Crippen LogP contribution >= 0.6 is 22.9 Å². The zero-order valence-corrected chi connectivity index (χ0v) is 33.9. The molecule has 1 aliphatic heterocycles. The van der Waals surface area contributed by atoms with E-state index >= 15 is 0 Å². The van der Waals surface area contributed by atoms with Crippen LogP contribution in [0.25, 0.3) is 22.3 Å². The molecule has 0 unspecified atom stereocenters. The standard InChI is InChI=1S/C40H50ClN5O8S/c1-8-22-16-40(22,37(49)50)45-34(47)28-14-24(17-46(28)36(48)33(39(4,5)6)44-38(51)54-23-12-20-11-21(20)13-23)53-30-15-26(27-18-55-35(43-27)19(2)3)42-32-25(30)9-10-29(52-7)31(32)41/h9-10,15,18-24,28,33H,8,11-14,16-17H2,1-7H3,(H,44,51)(H,45,47)(H,49,50)/t20-,21+,22-,23-,24-,28+,33-,40-/m1/s1. The Labute approximate surface area is 329 Å². The maximum absolute atomic E-state index is 14.7. The lowest BCUT2D eigenvalue weighted by Gasteiger charge is -2.35. The second-order valence-corrected chi connectivity index (χ2v) is 18.2. The summed E-state index contributed by atoms with van der Waals surface area (Å²) in [6.07, 6.45) is 2.21. The van der Waals surface area contributed by atoms with Crippen LogP contribution in [0.3, 0.4) is 0 Å². The summed E-state index contributed by atoms with van der Waals surface area (Å²) in [6, 6.07) is 3.16. The zero-order chi connectivity index (χ0) is 39.6. The molecule has 0 spiro atoms. The van der Waals surface area contributed by atoms with Crippen molar-refractivity contribution in [2.24, 2.45) is 23.2 Å². The van der Waals surface area contributed by atoms with Crippen molar-refractivity contribution in [3.63, 3.8) is 0 Å². The van der Waals surface area contributed by atoms with E-state index in [1.54, 1.807) is 18.2 Å². The van der Waals surface area contributed by atoms with Gasteiger partial charge in [0.05, 0.1) is 29.9 Å². The van der Waals surface area contributed by atoms with E-state index in [1.165, 1.54) is 29.8 Å². The van der Waals surface area contributed by atoms with E-state index < -0.39 is 53.0 Å². The van der Waals surface area contributed by atoms with Gasteiger partial charge in [-0.1, -0.05) is 59.6 Å². The highest BCUT2D eigenvalue weighted by atomic mass is 35.5. The predicted octanol–water partition coefficient (Wildman–Crippen LogP) is 6.80. The molecule has 15 heteroatoms. The fourth-order valence-electron chi connectivity index (χ4n) is 8.29. The molecule has 3 heterocycles. The number of carboxylic acid groups (broad SMARTS) is 1. The van der Waals surface area contributed by atoms with Gasteiger partial charge in [0, 0.05) is 29.2 Å². The van der Waals surface area contributed by atoms with Gasteiger partial charge in [0.1, 0.15) is 52.0 Å². The monoisotopic (exact) mass is 795 g/mol. The molecule has 3 amide bonds. The van der Waals surface area contributed by atoms with Crippen LogP contribution < -0.4 is 20.1 Å². The van der Waals surface area contributed by atoms with E-state index in [4.69, 9.17) is 35.8 Å². The number of benzene rings is 1. The Bertz CT molecular complexity index is 2010. The van der Waals surface area contributed by atoms with Crippen LogP contribution in [0.1, 0.15) is 91.0 Å². The van der Waals surface area contributed by atoms with Crippen LogP contribution in [0, 0.1) is 23.2 Å². The molecule has 2 aromatic heterocycles. The third-order valence-electron chi connectivity index (χ3n) is 11.7. The summed E-state index contributed by atoms with van der Waals surface area (Å²) in [4.78, 5) is 65.6. The molecular formula is C40H50ClN5O8S. The lowest BCUT2D eigenvalue weighted by molar-refractivity contribution is -0.146. The Balaban J connectivity index is 1.20. The fourth-order valence-corrected chi connectivity index (χ4v) is 9.40. The first-order chi connectivity index (χ1) is 26.0. The Hall–Kier alpha value is -4.17. The summed E-state index contributed by atoms with van der Waals surface area (Å²) in [7, 11) is 1.52. The molecule has 55 heavy (non-hydrogen) atoms. The number of carbonyl (C=O) groups excluding carboxylic acids is 3. The molecule has 8 atom stereocenters. The number of rotatable bonds is 12. The number of methoxy groups -OCH3 is 1. The van der Waals surface area contributed by atoms with Gasteiger partial charge in [-0.3, -0.25) is 9.59 Å². The number of aromatic nitrogens is 2. The summed E-state index contributed by atoms with van der Waals surface area (Å²) >= 11 is 8.34. The van der Waals surface area contributed by atoms with Crippen LogP contribution in [-0.4, -0.2) is 87.3 Å². The first-order valence-corrected chi connectivity index (χ1v) is 20.4. The third kappa shape index (κ3) is 7.68. The number of nitrogens with one attached hydrogen (secondary N) is 2. The molecule has 0 radical (unpaired) electrons. The van der Waals surface area contributed by atoms with Gasteiger partial charge in [-0.2, -0.15) is 0 Å². The summed E-state index contributed by atoms with van der Waals surface area (Å²) < 4.78 is 18.0. The number of halogens is 1. The number of hydrogen-bond donors (Lipinski definition) is 3. The lowest BCUT2D eigenvalue weighted by atomic mass is 9.85. The van der Waals surface area contributed by atoms with E-state index in [2.05, 4.69) is 24.5 Å². The summed E-state index contributed by atoms with van der Waals surface area (Å²) in [5.74, 6) is -0.129. The van der Waals surface area contributed by atoms with E-state index in [1.807, 2.05) is 33.1 Å². The van der Waals surface area contributed by atoms with E-state index in [0.29, 0.717) is 63.5 Å². The van der Waals surface area contributed by atoms with Crippen LogP contribution in [-0.2, 0) is 19.1 Å². The molecule has 3 aliphatic carbocycles. The Morgan fingerprint density at radius 3 is 2.38 bits per heavy atom. The molecule has 3 saturated carbocycles. The van der Waals surface area contributed by atoms with Gasteiger partial charge in [0.25, 0.3) is 0 Å². The fraction of sp³-hybridized carbons (Fsp3) is 0.600. The van der Waals surface area contributed by atoms with Gasteiger partial charge in [0.2, 0.25) is 11.8 Å². The number of thiazole rings is 1. The smallest absolute Gasteiger partial charge is 0.408 e. The van der Waals surface area contributed by atoms with Crippen LogP contribution in [0.5, 0.6) is 11.5 Å². The predicted molar refractivity (Wildman–Crippen MR) is 207 cm³/mol. The number of carboxylic acids is 1. The minimum absolute atomic E-state index is 0.0132. The number of aliphatic carboxylic acids is 1. The van der Waals surface area contributed by atoms with E-state index in [9.17, 15) is 24.3 Å². The minimum atomic E-state index is -1.40. The van der Waals surface area contributed by atoms with Gasteiger partial charge < -0.3 is 34.9 Å². The van der Waals surface area contributed by atoms with Crippen molar-refractivity contribution < 1.29 is 38.5 Å². The van der Waals surface area contributed by atoms with Crippen molar-refractivity contribution in [3.8, 4) is 22.9 Å². The first-order valence-electron chi connectivity index (χ1n) is 19.2. The topological polar surface area (TPSA) is 169 Å². The number of ether oxygens (including phenoxy) is 3. The highest BCUT2D eigenvalue weighted by Crippen LogP contribution is 2.52. The van der Waals surface area contributed by atoms with Gasteiger partial charge in [0.15, 0.2) is 0 Å². The molecule has 3 aromatic rings. The summed E-state index contributed by atoms with van der Waals surface area (Å²) in [6.45, 7) is 11.5. The number of pyridine rings is 1. The SMILES string of the molecule is CC[C@@H]1C[C@]1(NC(=O)[C@@H]1C[C@@H](Oc2cc(-c3csc(C(C)C)n3)nc3c(Cl)c(OC)ccc23)CN1C(=O)[C@@H](NC(=O)O[C@H]1C[C@@H]2C[C@@H]2C1)C(C)(C)C)C(=O)O. The van der Waals surface area contributed by atoms with Gasteiger partial charge in [-0.05, 0) is 61.0 Å². The van der Waals surface area contributed by atoms with Gasteiger partial charge in [-0.25, -0.2) is 19.6 Å². The minimum Gasteiger partial charge on any atom is -0.495 e. The van der Waals surface area contributed by atoms with Crippen LogP contribution in [0.2, 0.25) is 5.02 Å². The average molecular weight is 796 g/mol. The highest BCUT2D eigenvalue weighted by Gasteiger charge is 2.61. The first kappa shape index (κ1) is 39.1. The molecule has 3 N–H and O–H groups in total. The molecule has 4 fully saturated rings. The Morgan fingerprint density at radius 1 is 1.05 bits per heavy atom. The van der Waals surface area contributed by atoms with Gasteiger partial charge >= 0.3 is 12.1 Å². The number of fused-ring (bicyclic) bond motifs is 2. The van der Waals surface area contributed by atoms with Gasteiger partial charge in [-0.15, -0.1) is 11.3 Å². The number of carbonyl (C=O) groups is 4. The number of hydrogen-bond acceptors (Lipinski definition) is 10. The van der Waals surface area contributed by atoms with E-state index in [0.717, 1.165) is 17.8 Å². The van der Waals surface area contributed by atoms with Crippen LogP contribution in [0.15, 0.2) is 23.6 Å². The Kier molecular flexibility index (Phi) is 10.5. The van der Waals surface area contributed by atoms with Crippen molar-refractivity contribution >= 4 is 57.7 Å². The molecule has 0 bridgehead atoms. The number of likely N-dealkylation sites (tertiary alicyclic amines) is 1. The molecule has 13 nitrogen and oxygen atoms in total. The molecular weight excluding hydrogens is 746 g/mol. The number of alkyl carbamates (subject to hydrolysis) is 1. The number of nitrogens with zero attached hydrogens (tertiary/aromatic N) is 3. The van der Waals surface area contributed by atoms with Crippen LogP contribution in [0.4, 0.5) is 4.79 Å². The zero-order valence-electron chi connectivity index (χ0n) is 32.3. The largest absolute Gasteiger partial charge is 0.495 e. The quantitative estimate of drug-likeness (QED) is 0.177. The molecule has 296 valence electrons. The third-order valence-corrected chi connectivity index (χ3v) is 13.2. The molecule has 4 aliphatic rings. The molecule has 7 rings (SSSR count). The average Bonchev–Trinajstić information content (AvgIpc) is 3.77. The molecule has 1 saturated heterocycles. The lowest BCUT2D eigenvalue weighted by Crippen LogP contribution is -2.59. The van der Waals surface area contributed by atoms with Crippen molar-refractivity contribution in [2.75, 3.05) is 13.7 Å². The van der Waals surface area contributed by atoms with E-state index in [-0.39, 0.29) is 30.9 Å². The second kappa shape index (κ2) is 14.7. The maximum Gasteiger partial charge on any atom is 0.408 e. The maximum atomic E-state index is 14.7. The molecule has 1 aromatic carbocycles. The normalized spacial score (nSPS) is 27.4. The number of amides is 3. The van der Waals surface area contributed by atoms with Crippen molar-refractivity contribution in [1.82, 2.24) is 25.5 Å². The van der Waals surface area contributed by atoms with Crippen molar-refractivity contribution in [1.29, 1.82) is 0 Å².